The molecule has 0 heterocycles. The molecule has 0 radical (unpaired) electrons. The van der Waals surface area contributed by atoms with Crippen molar-refractivity contribution in [2.24, 2.45) is 0 Å². The van der Waals surface area contributed by atoms with Crippen molar-refractivity contribution in [1.29, 1.82) is 0 Å². The third-order valence-electron chi connectivity index (χ3n) is 16.6. The van der Waals surface area contributed by atoms with Crippen molar-refractivity contribution >= 4 is 17.9 Å². The molecule has 0 aromatic rings. The third-order valence-corrected chi connectivity index (χ3v) is 16.6. The van der Waals surface area contributed by atoms with Crippen LogP contribution in [0.1, 0.15) is 419 Å². The number of unbranched alkanes of at least 4 members (excludes halogenated alkanes) is 56. The average molecular weight is 1090 g/mol. The number of hydrogen-bond donors (Lipinski definition) is 0. The number of hydrogen-bond acceptors (Lipinski definition) is 6. The molecule has 0 N–H and O–H groups in total. The van der Waals surface area contributed by atoms with E-state index in [1.165, 1.54) is 321 Å². The fourth-order valence-electron chi connectivity index (χ4n) is 11.3. The molecule has 0 amide bonds. The van der Waals surface area contributed by atoms with Crippen molar-refractivity contribution in [2.45, 2.75) is 425 Å². The minimum absolute atomic E-state index is 0.0605. The number of esters is 3. The number of carbonyl (C=O) groups is 3. The van der Waals surface area contributed by atoms with Gasteiger partial charge in [-0.25, -0.2) is 0 Å². The molecular formula is C71H138O6. The smallest absolute Gasteiger partial charge is 0.306 e. The SMILES string of the molecule is CCCCCCCCCCCCCCCCCCCCCCCCCCCCCCCCC(=O)OCC(COC(=O)CCCCCCCCCCCCC)OC(=O)CCCCCCCCCCCCCCCCCCCC. The van der Waals surface area contributed by atoms with Gasteiger partial charge < -0.3 is 14.2 Å². The molecule has 0 saturated heterocycles. The molecule has 0 aliphatic rings. The molecule has 1 atom stereocenters. The summed E-state index contributed by atoms with van der Waals surface area (Å²) in [5.74, 6) is -0.824. The van der Waals surface area contributed by atoms with E-state index in [9.17, 15) is 14.4 Å². The van der Waals surface area contributed by atoms with Crippen molar-refractivity contribution in [3.05, 3.63) is 0 Å². The van der Waals surface area contributed by atoms with E-state index >= 15 is 0 Å². The zero-order valence-corrected chi connectivity index (χ0v) is 52.8. The van der Waals surface area contributed by atoms with Gasteiger partial charge >= 0.3 is 17.9 Å². The van der Waals surface area contributed by atoms with Gasteiger partial charge in [0.25, 0.3) is 0 Å². The van der Waals surface area contributed by atoms with E-state index in [4.69, 9.17) is 14.2 Å². The molecule has 1 unspecified atom stereocenters. The highest BCUT2D eigenvalue weighted by molar-refractivity contribution is 5.71. The minimum atomic E-state index is -0.762. The predicted octanol–water partition coefficient (Wildman–Crippen LogP) is 24.2. The summed E-state index contributed by atoms with van der Waals surface area (Å²) >= 11 is 0. The Hall–Kier alpha value is -1.59. The zero-order chi connectivity index (χ0) is 55.7. The fourth-order valence-corrected chi connectivity index (χ4v) is 11.3. The molecule has 0 aromatic carbocycles. The van der Waals surface area contributed by atoms with Crippen LogP contribution in [0.15, 0.2) is 0 Å². The van der Waals surface area contributed by atoms with E-state index in [-0.39, 0.29) is 31.1 Å². The molecule has 77 heavy (non-hydrogen) atoms. The summed E-state index contributed by atoms with van der Waals surface area (Å²) in [7, 11) is 0. The topological polar surface area (TPSA) is 78.9 Å². The van der Waals surface area contributed by atoms with Crippen LogP contribution >= 0.6 is 0 Å². The summed E-state index contributed by atoms with van der Waals surface area (Å²) in [6, 6.07) is 0. The lowest BCUT2D eigenvalue weighted by Gasteiger charge is -2.18. The maximum Gasteiger partial charge on any atom is 0.306 e. The highest BCUT2D eigenvalue weighted by Crippen LogP contribution is 2.19. The Labute approximate surface area is 482 Å². The molecular weight excluding hydrogens is 949 g/mol. The molecule has 0 aliphatic carbocycles. The second kappa shape index (κ2) is 66.9. The van der Waals surface area contributed by atoms with Crippen LogP contribution in [-0.4, -0.2) is 37.2 Å². The summed E-state index contributed by atoms with van der Waals surface area (Å²) in [6.45, 7) is 6.73. The van der Waals surface area contributed by atoms with Crippen LogP contribution in [0.3, 0.4) is 0 Å². The van der Waals surface area contributed by atoms with E-state index in [1.807, 2.05) is 0 Å². The van der Waals surface area contributed by atoms with E-state index in [2.05, 4.69) is 20.8 Å². The van der Waals surface area contributed by atoms with Crippen molar-refractivity contribution in [2.75, 3.05) is 13.2 Å². The van der Waals surface area contributed by atoms with Crippen LogP contribution in [0.25, 0.3) is 0 Å². The Balaban J connectivity index is 4.07. The monoisotopic (exact) mass is 1090 g/mol. The predicted molar refractivity (Wildman–Crippen MR) is 335 cm³/mol. The quantitative estimate of drug-likeness (QED) is 0.0343. The fraction of sp³-hybridized carbons (Fsp3) is 0.958. The molecule has 6 heteroatoms. The molecule has 0 aliphatic heterocycles. The van der Waals surface area contributed by atoms with Crippen LogP contribution in [-0.2, 0) is 28.6 Å². The van der Waals surface area contributed by atoms with Crippen LogP contribution in [0.5, 0.6) is 0 Å². The Morgan fingerprint density at radius 3 is 0.519 bits per heavy atom. The second-order valence-corrected chi connectivity index (χ2v) is 24.5. The first kappa shape index (κ1) is 75.4. The maximum absolute atomic E-state index is 12.9. The number of rotatable bonds is 67. The van der Waals surface area contributed by atoms with Gasteiger partial charge in [0.05, 0.1) is 0 Å². The molecule has 6 nitrogen and oxygen atoms in total. The summed E-state index contributed by atoms with van der Waals surface area (Å²) < 4.78 is 17.0. The lowest BCUT2D eigenvalue weighted by Crippen LogP contribution is -2.30. The van der Waals surface area contributed by atoms with Gasteiger partial charge in [-0.1, -0.05) is 380 Å². The van der Waals surface area contributed by atoms with Crippen molar-refractivity contribution in [3.8, 4) is 0 Å². The molecule has 0 aromatic heterocycles. The highest BCUT2D eigenvalue weighted by atomic mass is 16.6. The van der Waals surface area contributed by atoms with Crippen molar-refractivity contribution < 1.29 is 28.6 Å². The van der Waals surface area contributed by atoms with E-state index < -0.39 is 6.10 Å². The van der Waals surface area contributed by atoms with Gasteiger partial charge in [-0.15, -0.1) is 0 Å². The summed E-state index contributed by atoms with van der Waals surface area (Å²) in [6.07, 6.45) is 78.6. The lowest BCUT2D eigenvalue weighted by molar-refractivity contribution is -0.167. The first-order valence-corrected chi connectivity index (χ1v) is 35.5. The Kier molecular flexibility index (Phi) is 65.5. The van der Waals surface area contributed by atoms with E-state index in [1.54, 1.807) is 0 Å². The maximum atomic E-state index is 12.9. The molecule has 0 rings (SSSR count). The van der Waals surface area contributed by atoms with E-state index in [0.29, 0.717) is 19.3 Å². The second-order valence-electron chi connectivity index (χ2n) is 24.5. The van der Waals surface area contributed by atoms with Gasteiger partial charge in [0.1, 0.15) is 13.2 Å². The summed E-state index contributed by atoms with van der Waals surface area (Å²) in [5, 5.41) is 0. The highest BCUT2D eigenvalue weighted by Gasteiger charge is 2.19. The normalized spacial score (nSPS) is 11.9. The van der Waals surface area contributed by atoms with Crippen molar-refractivity contribution in [3.63, 3.8) is 0 Å². The van der Waals surface area contributed by atoms with Gasteiger partial charge in [0.2, 0.25) is 0 Å². The summed E-state index contributed by atoms with van der Waals surface area (Å²) in [4.78, 5) is 38.3. The van der Waals surface area contributed by atoms with Gasteiger partial charge in [-0.05, 0) is 19.3 Å². The first-order valence-electron chi connectivity index (χ1n) is 35.5. The van der Waals surface area contributed by atoms with Crippen molar-refractivity contribution in [1.82, 2.24) is 0 Å². The lowest BCUT2D eigenvalue weighted by atomic mass is 10.0. The van der Waals surface area contributed by atoms with E-state index in [0.717, 1.165) is 57.8 Å². The Morgan fingerprint density at radius 1 is 0.208 bits per heavy atom. The third kappa shape index (κ3) is 65.1. The van der Waals surface area contributed by atoms with Gasteiger partial charge in [0.15, 0.2) is 6.10 Å². The van der Waals surface area contributed by atoms with Gasteiger partial charge in [0, 0.05) is 19.3 Å². The largest absolute Gasteiger partial charge is 0.462 e. The minimum Gasteiger partial charge on any atom is -0.462 e. The molecule has 0 bridgehead atoms. The number of ether oxygens (including phenoxy) is 3. The van der Waals surface area contributed by atoms with Crippen LogP contribution in [0, 0.1) is 0 Å². The Morgan fingerprint density at radius 2 is 0.351 bits per heavy atom. The van der Waals surface area contributed by atoms with Gasteiger partial charge in [-0.2, -0.15) is 0 Å². The molecule has 458 valence electrons. The standard InChI is InChI=1S/C71H138O6/c1-4-7-10-13-16-19-22-24-26-28-30-31-32-33-34-35-36-37-38-39-40-41-43-44-46-49-52-55-58-61-64-70(73)76-67-68(66-75-69(72)63-60-57-54-51-48-21-18-15-12-9-6-3)77-71(74)65-62-59-56-53-50-47-45-42-29-27-25-23-20-17-14-11-8-5-2/h68H,4-67H2,1-3H3. The number of carbonyl (C=O) groups excluding carboxylic acids is 3. The first-order chi connectivity index (χ1) is 38.0. The van der Waals surface area contributed by atoms with Crippen LogP contribution in [0.4, 0.5) is 0 Å². The van der Waals surface area contributed by atoms with Crippen LogP contribution < -0.4 is 0 Å². The molecule has 0 spiro atoms. The zero-order valence-electron chi connectivity index (χ0n) is 52.8. The Bertz CT molecular complexity index is 1160. The van der Waals surface area contributed by atoms with Gasteiger partial charge in [-0.3, -0.25) is 14.4 Å². The van der Waals surface area contributed by atoms with Crippen LogP contribution in [0.2, 0.25) is 0 Å². The molecule has 0 saturated carbocycles. The summed E-state index contributed by atoms with van der Waals surface area (Å²) in [5.41, 5.74) is 0. The average Bonchev–Trinajstić information content (AvgIpc) is 3.43. The molecule has 0 fully saturated rings.